The average molecular weight is 275 g/mol. The van der Waals surface area contributed by atoms with Crippen LogP contribution in [0.5, 0.6) is 0 Å². The van der Waals surface area contributed by atoms with Gasteiger partial charge in [-0.05, 0) is 37.8 Å². The standard InChI is InChI=1S/C16H21NO3/c1-3-4-9-14(16(19)20)17-15(18)11-10-13-8-6-5-7-12(13)2/h3-8,14H,9-11H2,1-2H3,(H,17,18)(H,19,20)/b4-3+. The molecule has 20 heavy (non-hydrogen) atoms. The quantitative estimate of drug-likeness (QED) is 0.751. The average Bonchev–Trinajstić information content (AvgIpc) is 2.42. The SMILES string of the molecule is C/C=C/CC(NC(=O)CCc1ccccc1C)C(=O)O. The fourth-order valence-electron chi connectivity index (χ4n) is 1.90. The summed E-state index contributed by atoms with van der Waals surface area (Å²) in [6, 6.07) is 7.02. The van der Waals surface area contributed by atoms with E-state index in [1.165, 1.54) is 0 Å². The Kier molecular flexibility index (Phi) is 6.50. The monoisotopic (exact) mass is 275 g/mol. The lowest BCUT2D eigenvalue weighted by atomic mass is 10.0. The van der Waals surface area contributed by atoms with E-state index in [2.05, 4.69) is 5.32 Å². The van der Waals surface area contributed by atoms with Crippen molar-refractivity contribution < 1.29 is 14.7 Å². The van der Waals surface area contributed by atoms with Crippen molar-refractivity contribution in [2.24, 2.45) is 0 Å². The van der Waals surface area contributed by atoms with Gasteiger partial charge >= 0.3 is 5.97 Å². The predicted molar refractivity (Wildman–Crippen MR) is 78.5 cm³/mol. The van der Waals surface area contributed by atoms with E-state index in [1.54, 1.807) is 12.2 Å². The van der Waals surface area contributed by atoms with E-state index in [-0.39, 0.29) is 5.91 Å². The molecule has 0 aliphatic carbocycles. The van der Waals surface area contributed by atoms with Gasteiger partial charge in [-0.3, -0.25) is 4.79 Å². The molecule has 0 saturated carbocycles. The Morgan fingerprint density at radius 2 is 2.05 bits per heavy atom. The van der Waals surface area contributed by atoms with Crippen LogP contribution < -0.4 is 5.32 Å². The van der Waals surface area contributed by atoms with Crippen LogP contribution in [-0.4, -0.2) is 23.0 Å². The summed E-state index contributed by atoms with van der Waals surface area (Å²) >= 11 is 0. The summed E-state index contributed by atoms with van der Waals surface area (Å²) in [7, 11) is 0. The molecule has 1 unspecified atom stereocenters. The van der Waals surface area contributed by atoms with Crippen LogP contribution in [0.3, 0.4) is 0 Å². The summed E-state index contributed by atoms with van der Waals surface area (Å²) in [5.41, 5.74) is 2.26. The second kappa shape index (κ2) is 8.15. The van der Waals surface area contributed by atoms with Gasteiger partial charge in [0.25, 0.3) is 0 Å². The number of carboxylic acids is 1. The Hall–Kier alpha value is -2.10. The van der Waals surface area contributed by atoms with Gasteiger partial charge in [0.05, 0.1) is 0 Å². The Bertz CT molecular complexity index is 494. The van der Waals surface area contributed by atoms with Crippen LogP contribution in [0.4, 0.5) is 0 Å². The number of benzene rings is 1. The van der Waals surface area contributed by atoms with E-state index in [0.717, 1.165) is 11.1 Å². The zero-order valence-electron chi connectivity index (χ0n) is 11.9. The minimum absolute atomic E-state index is 0.231. The van der Waals surface area contributed by atoms with Crippen LogP contribution in [0.15, 0.2) is 36.4 Å². The summed E-state index contributed by atoms with van der Waals surface area (Å²) < 4.78 is 0. The number of carbonyl (C=O) groups is 2. The van der Waals surface area contributed by atoms with Crippen molar-refractivity contribution in [1.29, 1.82) is 0 Å². The van der Waals surface area contributed by atoms with Gasteiger partial charge in [0.1, 0.15) is 6.04 Å². The Morgan fingerprint density at radius 1 is 1.35 bits per heavy atom. The van der Waals surface area contributed by atoms with E-state index in [1.807, 2.05) is 38.1 Å². The van der Waals surface area contributed by atoms with Crippen molar-refractivity contribution in [1.82, 2.24) is 5.32 Å². The van der Waals surface area contributed by atoms with Gasteiger partial charge in [-0.25, -0.2) is 4.79 Å². The van der Waals surface area contributed by atoms with Crippen LogP contribution in [0.2, 0.25) is 0 Å². The molecule has 2 N–H and O–H groups in total. The fraction of sp³-hybridized carbons (Fsp3) is 0.375. The molecule has 0 aliphatic heterocycles. The highest BCUT2D eigenvalue weighted by molar-refractivity contribution is 5.83. The van der Waals surface area contributed by atoms with Crippen molar-refractivity contribution in [3.05, 3.63) is 47.5 Å². The molecule has 0 aromatic heterocycles. The van der Waals surface area contributed by atoms with Crippen molar-refractivity contribution in [2.45, 2.75) is 39.2 Å². The molecule has 4 heteroatoms. The maximum atomic E-state index is 11.8. The fourth-order valence-corrected chi connectivity index (χ4v) is 1.90. The van der Waals surface area contributed by atoms with Gasteiger partial charge in [0.15, 0.2) is 0 Å². The molecule has 0 bridgehead atoms. The number of rotatable bonds is 7. The highest BCUT2D eigenvalue weighted by Crippen LogP contribution is 2.09. The number of hydrogen-bond donors (Lipinski definition) is 2. The number of nitrogens with one attached hydrogen (secondary N) is 1. The molecule has 1 aromatic carbocycles. The number of amides is 1. The normalized spacial score (nSPS) is 12.3. The first-order valence-electron chi connectivity index (χ1n) is 6.72. The molecule has 4 nitrogen and oxygen atoms in total. The van der Waals surface area contributed by atoms with Crippen molar-refractivity contribution in [2.75, 3.05) is 0 Å². The number of allylic oxidation sites excluding steroid dienone is 1. The second-order valence-electron chi connectivity index (χ2n) is 4.69. The molecule has 0 heterocycles. The molecular weight excluding hydrogens is 254 g/mol. The van der Waals surface area contributed by atoms with Gasteiger partial charge in [-0.1, -0.05) is 36.4 Å². The van der Waals surface area contributed by atoms with E-state index < -0.39 is 12.0 Å². The topological polar surface area (TPSA) is 66.4 Å². The third-order valence-electron chi connectivity index (χ3n) is 3.12. The molecule has 0 fully saturated rings. The largest absolute Gasteiger partial charge is 0.480 e. The van der Waals surface area contributed by atoms with Gasteiger partial charge in [-0.15, -0.1) is 0 Å². The van der Waals surface area contributed by atoms with Gasteiger partial charge in [-0.2, -0.15) is 0 Å². The minimum atomic E-state index is -1.01. The molecule has 1 aromatic rings. The van der Waals surface area contributed by atoms with Crippen LogP contribution in [0.1, 0.15) is 30.9 Å². The third kappa shape index (κ3) is 5.26. The smallest absolute Gasteiger partial charge is 0.326 e. The second-order valence-corrected chi connectivity index (χ2v) is 4.69. The van der Waals surface area contributed by atoms with Crippen LogP contribution in [0, 0.1) is 6.92 Å². The number of aliphatic carboxylic acids is 1. The first-order chi connectivity index (χ1) is 9.54. The third-order valence-corrected chi connectivity index (χ3v) is 3.12. The maximum absolute atomic E-state index is 11.8. The Labute approximate surface area is 119 Å². The lowest BCUT2D eigenvalue weighted by molar-refractivity contribution is -0.141. The lowest BCUT2D eigenvalue weighted by Crippen LogP contribution is -2.40. The van der Waals surface area contributed by atoms with Crippen molar-refractivity contribution in [3.63, 3.8) is 0 Å². The molecule has 1 atom stereocenters. The highest BCUT2D eigenvalue weighted by atomic mass is 16.4. The molecular formula is C16H21NO3. The molecule has 0 spiro atoms. The number of carbonyl (C=O) groups excluding carboxylic acids is 1. The van der Waals surface area contributed by atoms with Crippen molar-refractivity contribution >= 4 is 11.9 Å². The molecule has 0 aliphatic rings. The summed E-state index contributed by atoms with van der Waals surface area (Å²) in [6.07, 6.45) is 4.73. The van der Waals surface area contributed by atoms with E-state index in [0.29, 0.717) is 19.3 Å². The number of carboxylic acid groups (broad SMARTS) is 1. The number of aryl methyl sites for hydroxylation is 2. The summed E-state index contributed by atoms with van der Waals surface area (Å²) in [6.45, 7) is 3.82. The van der Waals surface area contributed by atoms with Gasteiger partial charge in [0, 0.05) is 6.42 Å². The van der Waals surface area contributed by atoms with E-state index in [4.69, 9.17) is 5.11 Å². The van der Waals surface area contributed by atoms with Gasteiger partial charge < -0.3 is 10.4 Å². The van der Waals surface area contributed by atoms with Crippen molar-refractivity contribution in [3.8, 4) is 0 Å². The van der Waals surface area contributed by atoms with Crippen LogP contribution >= 0.6 is 0 Å². The molecule has 1 rings (SSSR count). The molecule has 108 valence electrons. The van der Waals surface area contributed by atoms with Gasteiger partial charge in [0.2, 0.25) is 5.91 Å². The van der Waals surface area contributed by atoms with E-state index >= 15 is 0 Å². The molecule has 1 amide bonds. The minimum Gasteiger partial charge on any atom is -0.480 e. The highest BCUT2D eigenvalue weighted by Gasteiger charge is 2.18. The van der Waals surface area contributed by atoms with E-state index in [9.17, 15) is 9.59 Å². The molecule has 0 radical (unpaired) electrons. The van der Waals surface area contributed by atoms with Crippen LogP contribution in [0.25, 0.3) is 0 Å². The predicted octanol–water partition coefficient (Wildman–Crippen LogP) is 2.46. The summed E-state index contributed by atoms with van der Waals surface area (Å²) in [5, 5.41) is 11.6. The Morgan fingerprint density at radius 3 is 2.65 bits per heavy atom. The first-order valence-corrected chi connectivity index (χ1v) is 6.72. The summed E-state index contributed by atoms with van der Waals surface area (Å²) in [5.74, 6) is -1.24. The lowest BCUT2D eigenvalue weighted by Gasteiger charge is -2.13. The maximum Gasteiger partial charge on any atom is 0.326 e. The first kappa shape index (κ1) is 16.0. The number of hydrogen-bond acceptors (Lipinski definition) is 2. The zero-order valence-corrected chi connectivity index (χ0v) is 11.9. The van der Waals surface area contributed by atoms with Crippen LogP contribution in [-0.2, 0) is 16.0 Å². The Balaban J connectivity index is 2.50. The molecule has 0 saturated heterocycles. The zero-order chi connectivity index (χ0) is 15.0. The summed E-state index contributed by atoms with van der Waals surface area (Å²) in [4.78, 5) is 22.8.